The molecule has 5 nitrogen and oxygen atoms in total. The number of rotatable bonds is 4. The second-order valence-corrected chi connectivity index (χ2v) is 7.48. The molecule has 2 aliphatic rings. The Bertz CT molecular complexity index is 791. The van der Waals surface area contributed by atoms with Gasteiger partial charge in [0.1, 0.15) is 6.04 Å². The molecule has 1 amide bonds. The number of para-hydroxylation sites is 1. The topological polar surface area (TPSA) is 73.4 Å². The Morgan fingerprint density at radius 3 is 2.68 bits per heavy atom. The quantitative estimate of drug-likeness (QED) is 0.897. The smallest absolute Gasteiger partial charge is 0.326 e. The van der Waals surface area contributed by atoms with Gasteiger partial charge in [0.2, 0.25) is 5.91 Å². The summed E-state index contributed by atoms with van der Waals surface area (Å²) in [5.74, 6) is -0.00585. The van der Waals surface area contributed by atoms with Crippen LogP contribution in [0.1, 0.15) is 37.7 Å². The second-order valence-electron chi connectivity index (χ2n) is 7.48. The summed E-state index contributed by atoms with van der Waals surface area (Å²) in [7, 11) is 0. The molecule has 2 aromatic rings. The van der Waals surface area contributed by atoms with E-state index in [-0.39, 0.29) is 12.3 Å². The number of aromatic nitrogens is 1. The summed E-state index contributed by atoms with van der Waals surface area (Å²) >= 11 is 0. The fraction of sp³-hybridized carbons (Fsp3) is 0.500. The number of carbonyl (C=O) groups excluding carboxylic acids is 1. The third-order valence-corrected chi connectivity index (χ3v) is 6.02. The van der Waals surface area contributed by atoms with Crippen molar-refractivity contribution in [1.29, 1.82) is 0 Å². The van der Waals surface area contributed by atoms with Crippen molar-refractivity contribution in [3.05, 3.63) is 36.0 Å². The molecule has 25 heavy (non-hydrogen) atoms. The van der Waals surface area contributed by atoms with E-state index in [1.54, 1.807) is 4.90 Å². The predicted molar refractivity (Wildman–Crippen MR) is 95.2 cm³/mol. The van der Waals surface area contributed by atoms with E-state index in [0.29, 0.717) is 24.8 Å². The van der Waals surface area contributed by atoms with E-state index in [1.165, 1.54) is 25.7 Å². The molecule has 1 aliphatic carbocycles. The zero-order valence-corrected chi connectivity index (χ0v) is 14.3. The first-order valence-corrected chi connectivity index (χ1v) is 9.20. The van der Waals surface area contributed by atoms with Crippen molar-refractivity contribution >= 4 is 22.8 Å². The minimum atomic E-state index is -0.868. The van der Waals surface area contributed by atoms with Crippen molar-refractivity contribution in [3.63, 3.8) is 0 Å². The Kier molecular flexibility index (Phi) is 4.24. The van der Waals surface area contributed by atoms with Crippen LogP contribution in [0.15, 0.2) is 30.5 Å². The summed E-state index contributed by atoms with van der Waals surface area (Å²) in [5.41, 5.74) is 1.94. The van der Waals surface area contributed by atoms with Crippen molar-refractivity contribution in [1.82, 2.24) is 9.88 Å². The highest BCUT2D eigenvalue weighted by atomic mass is 16.4. The van der Waals surface area contributed by atoms with E-state index in [2.05, 4.69) is 4.98 Å². The van der Waals surface area contributed by atoms with Gasteiger partial charge in [0, 0.05) is 23.6 Å². The third-order valence-electron chi connectivity index (χ3n) is 6.02. The number of aromatic amines is 1. The summed E-state index contributed by atoms with van der Waals surface area (Å²) in [5, 5.41) is 10.6. The lowest BCUT2D eigenvalue weighted by atomic mass is 9.89. The molecule has 2 atom stereocenters. The summed E-state index contributed by atoms with van der Waals surface area (Å²) < 4.78 is 0. The van der Waals surface area contributed by atoms with Crippen molar-refractivity contribution in [2.45, 2.75) is 44.6 Å². The molecule has 5 heteroatoms. The van der Waals surface area contributed by atoms with Crippen LogP contribution in [0.4, 0.5) is 0 Å². The van der Waals surface area contributed by atoms with Crippen LogP contribution in [0.2, 0.25) is 0 Å². The molecule has 1 aromatic carbocycles. The highest BCUT2D eigenvalue weighted by Crippen LogP contribution is 2.38. The number of carboxylic acid groups (broad SMARTS) is 1. The second kappa shape index (κ2) is 6.54. The van der Waals surface area contributed by atoms with Gasteiger partial charge in [0.25, 0.3) is 0 Å². The molecule has 132 valence electrons. The van der Waals surface area contributed by atoms with Crippen LogP contribution < -0.4 is 0 Å². The molecule has 0 radical (unpaired) electrons. The van der Waals surface area contributed by atoms with Gasteiger partial charge in [-0.2, -0.15) is 0 Å². The highest BCUT2D eigenvalue weighted by Gasteiger charge is 2.42. The number of carbonyl (C=O) groups is 2. The lowest BCUT2D eigenvalue weighted by Crippen LogP contribution is -2.41. The molecule has 0 spiro atoms. The van der Waals surface area contributed by atoms with E-state index >= 15 is 0 Å². The van der Waals surface area contributed by atoms with Crippen LogP contribution in [0.25, 0.3) is 10.9 Å². The van der Waals surface area contributed by atoms with Crippen LogP contribution in [0.3, 0.4) is 0 Å². The largest absolute Gasteiger partial charge is 0.480 e. The Balaban J connectivity index is 1.52. The molecule has 4 rings (SSSR count). The van der Waals surface area contributed by atoms with Gasteiger partial charge in [0.05, 0.1) is 6.42 Å². The fourth-order valence-corrected chi connectivity index (χ4v) is 4.69. The number of carboxylic acids is 1. The zero-order chi connectivity index (χ0) is 17.4. The fourth-order valence-electron chi connectivity index (χ4n) is 4.69. The summed E-state index contributed by atoms with van der Waals surface area (Å²) in [6, 6.07) is 7.22. The number of benzene rings is 1. The molecular formula is C20H24N2O3. The van der Waals surface area contributed by atoms with E-state index in [4.69, 9.17) is 0 Å². The number of likely N-dealkylation sites (tertiary alicyclic amines) is 1. The first-order valence-electron chi connectivity index (χ1n) is 9.20. The van der Waals surface area contributed by atoms with Crippen LogP contribution in [0, 0.1) is 11.8 Å². The number of nitrogens with one attached hydrogen (secondary N) is 1. The van der Waals surface area contributed by atoms with Crippen molar-refractivity contribution in [2.24, 2.45) is 11.8 Å². The molecule has 1 saturated heterocycles. The Morgan fingerprint density at radius 2 is 1.92 bits per heavy atom. The number of hydrogen-bond donors (Lipinski definition) is 2. The third kappa shape index (κ3) is 3.03. The minimum absolute atomic E-state index is 0.0716. The number of hydrogen-bond acceptors (Lipinski definition) is 2. The van der Waals surface area contributed by atoms with Gasteiger partial charge in [-0.3, -0.25) is 4.79 Å². The monoisotopic (exact) mass is 340 g/mol. The number of amides is 1. The summed E-state index contributed by atoms with van der Waals surface area (Å²) in [6.07, 6.45) is 7.57. The molecule has 2 heterocycles. The predicted octanol–water partition coefficient (Wildman–Crippen LogP) is 3.20. The number of fused-ring (bicyclic) bond motifs is 1. The van der Waals surface area contributed by atoms with Crippen LogP contribution in [-0.4, -0.2) is 39.5 Å². The SMILES string of the molecule is O=C(O)C1CC(C2CCCC2)CN1C(=O)Cc1c[nH]c2ccccc12. The first kappa shape index (κ1) is 16.2. The van der Waals surface area contributed by atoms with Gasteiger partial charge >= 0.3 is 5.97 Å². The maximum Gasteiger partial charge on any atom is 0.326 e. The molecule has 1 aromatic heterocycles. The highest BCUT2D eigenvalue weighted by molar-refractivity contribution is 5.91. The molecule has 1 saturated carbocycles. The average molecular weight is 340 g/mol. The Hall–Kier alpha value is -2.30. The van der Waals surface area contributed by atoms with E-state index < -0.39 is 12.0 Å². The molecule has 2 unspecified atom stereocenters. The van der Waals surface area contributed by atoms with Gasteiger partial charge in [0.15, 0.2) is 0 Å². The maximum atomic E-state index is 12.9. The van der Waals surface area contributed by atoms with Crippen LogP contribution >= 0.6 is 0 Å². The molecule has 1 aliphatic heterocycles. The van der Waals surface area contributed by atoms with E-state index in [0.717, 1.165) is 16.5 Å². The van der Waals surface area contributed by atoms with E-state index in [9.17, 15) is 14.7 Å². The van der Waals surface area contributed by atoms with E-state index in [1.807, 2.05) is 30.5 Å². The normalized spacial score (nSPS) is 24.2. The summed E-state index contributed by atoms with van der Waals surface area (Å²) in [6.45, 7) is 0.600. The van der Waals surface area contributed by atoms with Gasteiger partial charge in [-0.05, 0) is 29.9 Å². The van der Waals surface area contributed by atoms with Gasteiger partial charge < -0.3 is 15.0 Å². The Labute approximate surface area is 147 Å². The lowest BCUT2D eigenvalue weighted by Gasteiger charge is -2.22. The minimum Gasteiger partial charge on any atom is -0.480 e. The van der Waals surface area contributed by atoms with Gasteiger partial charge in [-0.1, -0.05) is 43.9 Å². The van der Waals surface area contributed by atoms with Gasteiger partial charge in [-0.15, -0.1) is 0 Å². The number of aliphatic carboxylic acids is 1. The maximum absolute atomic E-state index is 12.9. The number of nitrogens with zero attached hydrogens (tertiary/aromatic N) is 1. The molecular weight excluding hydrogens is 316 g/mol. The van der Waals surface area contributed by atoms with Crippen LogP contribution in [-0.2, 0) is 16.0 Å². The first-order chi connectivity index (χ1) is 12.1. The van der Waals surface area contributed by atoms with Gasteiger partial charge in [-0.25, -0.2) is 4.79 Å². The van der Waals surface area contributed by atoms with Crippen molar-refractivity contribution in [2.75, 3.05) is 6.54 Å². The molecule has 2 fully saturated rings. The summed E-state index contributed by atoms with van der Waals surface area (Å²) in [4.78, 5) is 29.4. The zero-order valence-electron chi connectivity index (χ0n) is 14.3. The standard InChI is InChI=1S/C20H24N2O3/c23-19(10-14-11-21-17-8-4-3-7-16(14)17)22-12-15(9-18(22)20(24)25)13-5-1-2-6-13/h3-4,7-8,11,13,15,18,21H,1-2,5-6,9-10,12H2,(H,24,25). The van der Waals surface area contributed by atoms with Crippen molar-refractivity contribution in [3.8, 4) is 0 Å². The molecule has 2 N–H and O–H groups in total. The molecule has 0 bridgehead atoms. The number of H-pyrrole nitrogens is 1. The van der Waals surface area contributed by atoms with Crippen molar-refractivity contribution < 1.29 is 14.7 Å². The lowest BCUT2D eigenvalue weighted by molar-refractivity contribution is -0.147. The van der Waals surface area contributed by atoms with Crippen LogP contribution in [0.5, 0.6) is 0 Å². The Morgan fingerprint density at radius 1 is 1.16 bits per heavy atom. The average Bonchev–Trinajstić information content (AvgIpc) is 3.34.